The molecule has 0 bridgehead atoms. The highest BCUT2D eigenvalue weighted by Crippen LogP contribution is 2.32. The zero-order valence-electron chi connectivity index (χ0n) is 17.3. The molecule has 0 amide bonds. The first-order chi connectivity index (χ1) is 15.7. The molecule has 5 aromatic rings. The van der Waals surface area contributed by atoms with Gasteiger partial charge in [-0.2, -0.15) is 0 Å². The van der Waals surface area contributed by atoms with Crippen molar-refractivity contribution >= 4 is 33.7 Å². The summed E-state index contributed by atoms with van der Waals surface area (Å²) in [7, 11) is 0. The predicted octanol–water partition coefficient (Wildman–Crippen LogP) is 6.46. The normalized spacial score (nSPS) is 11.4. The van der Waals surface area contributed by atoms with Crippen LogP contribution in [0.15, 0.2) is 103 Å². The van der Waals surface area contributed by atoms with Crippen LogP contribution in [0, 0.1) is 0 Å². The first kappa shape index (κ1) is 19.6. The van der Waals surface area contributed by atoms with E-state index in [0.29, 0.717) is 6.61 Å². The third-order valence-electron chi connectivity index (χ3n) is 5.45. The first-order valence-corrected chi connectivity index (χ1v) is 10.4. The molecule has 0 aliphatic rings. The van der Waals surface area contributed by atoms with Crippen molar-refractivity contribution in [3.05, 3.63) is 114 Å². The van der Waals surface area contributed by atoms with Crippen LogP contribution in [-0.4, -0.2) is 15.6 Å². The van der Waals surface area contributed by atoms with Crippen LogP contribution < -0.4 is 4.74 Å². The van der Waals surface area contributed by atoms with Gasteiger partial charge in [0.2, 0.25) is 0 Å². The van der Waals surface area contributed by atoms with E-state index in [4.69, 9.17) is 4.74 Å². The second-order valence-electron chi connectivity index (χ2n) is 7.57. The number of ether oxygens (including phenoxy) is 1. The second-order valence-corrected chi connectivity index (χ2v) is 7.57. The van der Waals surface area contributed by atoms with Crippen molar-refractivity contribution in [1.82, 2.24) is 4.57 Å². The lowest BCUT2D eigenvalue weighted by atomic mass is 10.1. The van der Waals surface area contributed by atoms with E-state index < -0.39 is 5.97 Å². The molecular formula is C28H21NO3. The maximum absolute atomic E-state index is 11.2. The third kappa shape index (κ3) is 3.86. The molecule has 0 radical (unpaired) electrons. The summed E-state index contributed by atoms with van der Waals surface area (Å²) in [4.78, 5) is 11.2. The minimum absolute atomic E-state index is 0.488. The first-order valence-electron chi connectivity index (χ1n) is 10.4. The van der Waals surface area contributed by atoms with Gasteiger partial charge in [-0.25, -0.2) is 4.79 Å². The molecule has 0 unspecified atom stereocenters. The van der Waals surface area contributed by atoms with Gasteiger partial charge in [-0.1, -0.05) is 66.7 Å². The van der Waals surface area contributed by atoms with E-state index in [2.05, 4.69) is 28.8 Å². The Bertz CT molecular complexity index is 1440. The van der Waals surface area contributed by atoms with Gasteiger partial charge in [-0.15, -0.1) is 0 Å². The van der Waals surface area contributed by atoms with Gasteiger partial charge in [0, 0.05) is 22.5 Å². The van der Waals surface area contributed by atoms with Crippen LogP contribution in [0.1, 0.15) is 11.3 Å². The number of carboxylic acid groups (broad SMARTS) is 1. The van der Waals surface area contributed by atoms with Crippen LogP contribution in [0.5, 0.6) is 5.75 Å². The lowest BCUT2D eigenvalue weighted by molar-refractivity contribution is -0.131. The number of hydrogen-bond acceptors (Lipinski definition) is 2. The number of aromatic nitrogens is 1. The zero-order chi connectivity index (χ0) is 21.9. The minimum atomic E-state index is -0.980. The summed E-state index contributed by atoms with van der Waals surface area (Å²) in [6.07, 6.45) is 2.80. The molecule has 5 rings (SSSR count). The van der Waals surface area contributed by atoms with Crippen LogP contribution in [0.25, 0.3) is 33.4 Å². The second kappa shape index (κ2) is 8.44. The molecular weight excluding hydrogens is 398 g/mol. The summed E-state index contributed by atoms with van der Waals surface area (Å²) in [6.45, 7) is 0.488. The molecule has 1 heterocycles. The molecule has 0 fully saturated rings. The molecule has 32 heavy (non-hydrogen) atoms. The SMILES string of the molecule is O=C(O)/C=C/c1cc2cc(OCc3ccccc3)ccc2n1-c1cccc2ccccc12. The number of rotatable bonds is 6. The Morgan fingerprint density at radius 3 is 2.47 bits per heavy atom. The quantitative estimate of drug-likeness (QED) is 0.321. The van der Waals surface area contributed by atoms with Crippen molar-refractivity contribution in [1.29, 1.82) is 0 Å². The van der Waals surface area contributed by atoms with Crippen molar-refractivity contribution < 1.29 is 14.6 Å². The minimum Gasteiger partial charge on any atom is -0.489 e. The Balaban J connectivity index is 1.62. The molecule has 0 aliphatic carbocycles. The summed E-state index contributed by atoms with van der Waals surface area (Å²) >= 11 is 0. The van der Waals surface area contributed by atoms with Gasteiger partial charge in [-0.3, -0.25) is 0 Å². The van der Waals surface area contributed by atoms with Gasteiger partial charge in [-0.05, 0) is 47.4 Å². The fourth-order valence-corrected chi connectivity index (χ4v) is 4.00. The number of benzene rings is 4. The Morgan fingerprint density at radius 2 is 1.62 bits per heavy atom. The number of carbonyl (C=O) groups is 1. The molecule has 0 spiro atoms. The highest BCUT2D eigenvalue weighted by molar-refractivity contribution is 5.96. The van der Waals surface area contributed by atoms with E-state index in [0.717, 1.165) is 44.4 Å². The Kier molecular flexibility index (Phi) is 5.18. The molecule has 0 saturated carbocycles. The molecule has 0 aliphatic heterocycles. The molecule has 0 atom stereocenters. The standard InChI is InChI=1S/C28H21NO3/c30-28(31)16-13-23-17-22-18-24(32-19-20-7-2-1-3-8-20)14-15-26(22)29(23)27-12-6-10-21-9-4-5-11-25(21)27/h1-18H,19H2,(H,30,31)/b16-13+. The summed E-state index contributed by atoms with van der Waals surface area (Å²) in [5.41, 5.74) is 3.88. The van der Waals surface area contributed by atoms with Crippen LogP contribution in [-0.2, 0) is 11.4 Å². The summed E-state index contributed by atoms with van der Waals surface area (Å²) < 4.78 is 8.10. The Hall–Kier alpha value is -4.31. The maximum atomic E-state index is 11.2. The number of aliphatic carboxylic acids is 1. The van der Waals surface area contributed by atoms with Gasteiger partial charge >= 0.3 is 5.97 Å². The fourth-order valence-electron chi connectivity index (χ4n) is 4.00. The van der Waals surface area contributed by atoms with E-state index in [1.54, 1.807) is 6.08 Å². The van der Waals surface area contributed by atoms with E-state index in [1.165, 1.54) is 6.08 Å². The Morgan fingerprint density at radius 1 is 0.844 bits per heavy atom. The van der Waals surface area contributed by atoms with Crippen molar-refractivity contribution in [3.8, 4) is 11.4 Å². The van der Waals surface area contributed by atoms with E-state index >= 15 is 0 Å². The van der Waals surface area contributed by atoms with Crippen molar-refractivity contribution in [2.24, 2.45) is 0 Å². The van der Waals surface area contributed by atoms with E-state index in [9.17, 15) is 9.90 Å². The summed E-state index contributed by atoms with van der Waals surface area (Å²) in [5, 5.41) is 12.4. The highest BCUT2D eigenvalue weighted by Gasteiger charge is 2.13. The average molecular weight is 419 g/mol. The number of nitrogens with zero attached hydrogens (tertiary/aromatic N) is 1. The number of hydrogen-bond donors (Lipinski definition) is 1. The highest BCUT2D eigenvalue weighted by atomic mass is 16.5. The molecule has 4 nitrogen and oxygen atoms in total. The van der Waals surface area contributed by atoms with Gasteiger partial charge < -0.3 is 14.4 Å². The lowest BCUT2D eigenvalue weighted by Gasteiger charge is -2.13. The molecule has 4 heteroatoms. The molecule has 1 N–H and O–H groups in total. The van der Waals surface area contributed by atoms with Crippen molar-refractivity contribution in [3.63, 3.8) is 0 Å². The van der Waals surface area contributed by atoms with Crippen LogP contribution in [0.4, 0.5) is 0 Å². The van der Waals surface area contributed by atoms with Gasteiger partial charge in [0.05, 0.1) is 11.2 Å². The Labute approximate surface area is 185 Å². The summed E-state index contributed by atoms with van der Waals surface area (Å²) in [5.74, 6) is -0.211. The van der Waals surface area contributed by atoms with Crippen molar-refractivity contribution in [2.45, 2.75) is 6.61 Å². The molecule has 0 saturated heterocycles. The van der Waals surface area contributed by atoms with E-state index in [-0.39, 0.29) is 0 Å². The van der Waals surface area contributed by atoms with Crippen LogP contribution in [0.3, 0.4) is 0 Å². The van der Waals surface area contributed by atoms with Crippen LogP contribution >= 0.6 is 0 Å². The number of fused-ring (bicyclic) bond motifs is 2. The van der Waals surface area contributed by atoms with Gasteiger partial charge in [0.25, 0.3) is 0 Å². The van der Waals surface area contributed by atoms with Crippen LogP contribution in [0.2, 0.25) is 0 Å². The predicted molar refractivity (Wildman–Crippen MR) is 128 cm³/mol. The molecule has 4 aromatic carbocycles. The molecule has 1 aromatic heterocycles. The van der Waals surface area contributed by atoms with E-state index in [1.807, 2.05) is 72.8 Å². The summed E-state index contributed by atoms with van der Waals surface area (Å²) in [6, 6.07) is 32.3. The van der Waals surface area contributed by atoms with Gasteiger partial charge in [0.1, 0.15) is 12.4 Å². The monoisotopic (exact) mass is 419 g/mol. The number of carboxylic acids is 1. The fraction of sp³-hybridized carbons (Fsp3) is 0.0357. The largest absolute Gasteiger partial charge is 0.489 e. The maximum Gasteiger partial charge on any atom is 0.328 e. The average Bonchev–Trinajstić information content (AvgIpc) is 3.19. The topological polar surface area (TPSA) is 51.5 Å². The molecule has 156 valence electrons. The smallest absolute Gasteiger partial charge is 0.328 e. The van der Waals surface area contributed by atoms with Gasteiger partial charge in [0.15, 0.2) is 0 Å². The lowest BCUT2D eigenvalue weighted by Crippen LogP contribution is -1.98. The zero-order valence-corrected chi connectivity index (χ0v) is 17.3. The van der Waals surface area contributed by atoms with Crippen molar-refractivity contribution in [2.75, 3.05) is 0 Å². The third-order valence-corrected chi connectivity index (χ3v) is 5.45.